The van der Waals surface area contributed by atoms with Crippen LogP contribution in [0.1, 0.15) is 42.4 Å². The Hall–Kier alpha value is -1.31. The van der Waals surface area contributed by atoms with E-state index in [0.717, 1.165) is 18.4 Å². The fourth-order valence-corrected chi connectivity index (χ4v) is 2.17. The van der Waals surface area contributed by atoms with Crippen LogP contribution in [0.25, 0.3) is 0 Å². The van der Waals surface area contributed by atoms with Crippen molar-refractivity contribution >= 4 is 5.97 Å². The summed E-state index contributed by atoms with van der Waals surface area (Å²) in [4.78, 5) is 10.9. The number of fused-ring (bicyclic) bond motifs is 1. The maximum Gasteiger partial charge on any atom is 0.310 e. The Bertz CT molecular complexity index is 382. The molecule has 0 spiro atoms. The van der Waals surface area contributed by atoms with E-state index < -0.39 is 11.9 Å². The fourth-order valence-electron chi connectivity index (χ4n) is 2.17. The number of hydrogen-bond acceptors (Lipinski definition) is 1. The molecule has 1 N–H and O–H groups in total. The van der Waals surface area contributed by atoms with Gasteiger partial charge >= 0.3 is 5.97 Å². The lowest BCUT2D eigenvalue weighted by Crippen LogP contribution is -2.09. The minimum absolute atomic E-state index is 0.391. The van der Waals surface area contributed by atoms with Crippen molar-refractivity contribution in [2.24, 2.45) is 0 Å². The third kappa shape index (κ3) is 2.04. The maximum absolute atomic E-state index is 10.9. The number of carboxylic acid groups (broad SMARTS) is 1. The molecule has 0 aromatic heterocycles. The summed E-state index contributed by atoms with van der Waals surface area (Å²) in [5.74, 6) is -1.14. The summed E-state index contributed by atoms with van der Waals surface area (Å²) in [5, 5.41) is 8.94. The Balaban J connectivity index is 2.31. The molecule has 1 aliphatic rings. The second-order valence-electron chi connectivity index (χ2n) is 4.30. The van der Waals surface area contributed by atoms with Gasteiger partial charge in [-0.3, -0.25) is 4.79 Å². The number of rotatable bonds is 2. The van der Waals surface area contributed by atoms with Crippen LogP contribution in [0.5, 0.6) is 0 Å². The molecule has 1 atom stereocenters. The van der Waals surface area contributed by atoms with E-state index in [1.807, 2.05) is 6.07 Å². The summed E-state index contributed by atoms with van der Waals surface area (Å²) in [6, 6.07) is 6.14. The van der Waals surface area contributed by atoms with E-state index in [1.165, 1.54) is 24.0 Å². The summed E-state index contributed by atoms with van der Waals surface area (Å²) in [6.07, 6.45) is 4.76. The van der Waals surface area contributed by atoms with Gasteiger partial charge in [0.05, 0.1) is 5.92 Å². The highest BCUT2D eigenvalue weighted by Crippen LogP contribution is 2.25. The van der Waals surface area contributed by atoms with Gasteiger partial charge in [-0.15, -0.1) is 0 Å². The first-order chi connectivity index (χ1) is 7.18. The van der Waals surface area contributed by atoms with E-state index in [2.05, 4.69) is 12.1 Å². The lowest BCUT2D eigenvalue weighted by molar-refractivity contribution is -0.138. The zero-order chi connectivity index (χ0) is 10.8. The van der Waals surface area contributed by atoms with Crippen molar-refractivity contribution in [3.63, 3.8) is 0 Å². The summed E-state index contributed by atoms with van der Waals surface area (Å²) in [5.41, 5.74) is 3.69. The highest BCUT2D eigenvalue weighted by atomic mass is 16.4. The van der Waals surface area contributed by atoms with Crippen molar-refractivity contribution in [3.8, 4) is 0 Å². The van der Waals surface area contributed by atoms with E-state index in [4.69, 9.17) is 5.11 Å². The van der Waals surface area contributed by atoms with Crippen molar-refractivity contribution < 1.29 is 9.90 Å². The van der Waals surface area contributed by atoms with Crippen LogP contribution < -0.4 is 0 Å². The second kappa shape index (κ2) is 4.05. The number of benzene rings is 1. The molecular formula is C13H16O2. The van der Waals surface area contributed by atoms with E-state index >= 15 is 0 Å². The lowest BCUT2D eigenvalue weighted by Gasteiger charge is -2.17. The van der Waals surface area contributed by atoms with Gasteiger partial charge in [-0.2, -0.15) is 0 Å². The molecule has 80 valence electrons. The molecule has 0 aliphatic heterocycles. The van der Waals surface area contributed by atoms with Crippen molar-refractivity contribution in [1.29, 1.82) is 0 Å². The topological polar surface area (TPSA) is 37.3 Å². The molecule has 0 unspecified atom stereocenters. The normalized spacial score (nSPS) is 16.9. The molecule has 0 amide bonds. The molecule has 0 saturated carbocycles. The van der Waals surface area contributed by atoms with Gasteiger partial charge in [0.2, 0.25) is 0 Å². The van der Waals surface area contributed by atoms with Crippen LogP contribution in [0, 0.1) is 0 Å². The Labute approximate surface area is 89.9 Å². The van der Waals surface area contributed by atoms with Crippen LogP contribution in [-0.4, -0.2) is 11.1 Å². The maximum atomic E-state index is 10.9. The average molecular weight is 204 g/mol. The Morgan fingerprint density at radius 3 is 2.60 bits per heavy atom. The summed E-state index contributed by atoms with van der Waals surface area (Å²) in [7, 11) is 0. The molecule has 2 rings (SSSR count). The van der Waals surface area contributed by atoms with Gasteiger partial charge in [0.25, 0.3) is 0 Å². The van der Waals surface area contributed by atoms with Crippen molar-refractivity contribution in [2.45, 2.75) is 38.5 Å². The predicted molar refractivity (Wildman–Crippen MR) is 59.1 cm³/mol. The van der Waals surface area contributed by atoms with Gasteiger partial charge in [-0.25, -0.2) is 0 Å². The van der Waals surface area contributed by atoms with Crippen molar-refractivity contribution in [3.05, 3.63) is 34.9 Å². The molecular weight excluding hydrogens is 188 g/mol. The molecule has 1 aromatic rings. The second-order valence-corrected chi connectivity index (χ2v) is 4.30. The highest BCUT2D eigenvalue weighted by Gasteiger charge is 2.16. The van der Waals surface area contributed by atoms with Gasteiger partial charge in [-0.1, -0.05) is 18.2 Å². The highest BCUT2D eigenvalue weighted by molar-refractivity contribution is 5.75. The molecule has 0 radical (unpaired) electrons. The van der Waals surface area contributed by atoms with Crippen LogP contribution in [0.15, 0.2) is 18.2 Å². The van der Waals surface area contributed by atoms with Gasteiger partial charge in [0.15, 0.2) is 0 Å². The molecule has 2 heteroatoms. The van der Waals surface area contributed by atoms with E-state index in [1.54, 1.807) is 6.92 Å². The van der Waals surface area contributed by atoms with E-state index in [-0.39, 0.29) is 0 Å². The number of hydrogen-bond donors (Lipinski definition) is 1. The molecule has 15 heavy (non-hydrogen) atoms. The number of carboxylic acids is 1. The number of aryl methyl sites for hydroxylation is 2. The first kappa shape index (κ1) is 10.2. The predicted octanol–water partition coefficient (Wildman–Crippen LogP) is 2.75. The van der Waals surface area contributed by atoms with Crippen molar-refractivity contribution in [2.75, 3.05) is 0 Å². The minimum Gasteiger partial charge on any atom is -0.481 e. The molecule has 1 aliphatic carbocycles. The first-order valence-corrected chi connectivity index (χ1v) is 5.53. The van der Waals surface area contributed by atoms with Crippen LogP contribution in [0.2, 0.25) is 0 Å². The third-order valence-electron chi connectivity index (χ3n) is 3.24. The standard InChI is InChI=1S/C13H16O2/c1-9(13(14)15)11-7-6-10-4-2-3-5-12(10)8-11/h6-9H,2-5H2,1H3,(H,14,15)/t9-/m0/s1. The zero-order valence-electron chi connectivity index (χ0n) is 8.99. The van der Waals surface area contributed by atoms with Crippen LogP contribution in [-0.2, 0) is 17.6 Å². The largest absolute Gasteiger partial charge is 0.481 e. The Morgan fingerprint density at radius 2 is 1.93 bits per heavy atom. The molecule has 1 aromatic carbocycles. The van der Waals surface area contributed by atoms with Gasteiger partial charge in [0, 0.05) is 0 Å². The van der Waals surface area contributed by atoms with E-state index in [9.17, 15) is 4.79 Å². The van der Waals surface area contributed by atoms with Gasteiger partial charge < -0.3 is 5.11 Å². The molecule has 0 fully saturated rings. The third-order valence-corrected chi connectivity index (χ3v) is 3.24. The quantitative estimate of drug-likeness (QED) is 0.804. The Kier molecular flexibility index (Phi) is 2.76. The summed E-state index contributed by atoms with van der Waals surface area (Å²) in [6.45, 7) is 1.74. The Morgan fingerprint density at radius 1 is 1.27 bits per heavy atom. The van der Waals surface area contributed by atoms with Crippen LogP contribution in [0.3, 0.4) is 0 Å². The summed E-state index contributed by atoms with van der Waals surface area (Å²) >= 11 is 0. The minimum atomic E-state index is -0.745. The zero-order valence-corrected chi connectivity index (χ0v) is 8.99. The molecule has 0 bridgehead atoms. The lowest BCUT2D eigenvalue weighted by atomic mass is 9.88. The smallest absolute Gasteiger partial charge is 0.310 e. The number of aliphatic carboxylic acids is 1. The van der Waals surface area contributed by atoms with Gasteiger partial charge in [-0.05, 0) is 49.3 Å². The fraction of sp³-hybridized carbons (Fsp3) is 0.462. The number of carbonyl (C=O) groups is 1. The average Bonchev–Trinajstić information content (AvgIpc) is 2.27. The first-order valence-electron chi connectivity index (χ1n) is 5.53. The monoisotopic (exact) mass is 204 g/mol. The molecule has 0 saturated heterocycles. The van der Waals surface area contributed by atoms with Crippen molar-refractivity contribution in [1.82, 2.24) is 0 Å². The molecule has 0 heterocycles. The summed E-state index contributed by atoms with van der Waals surface area (Å²) < 4.78 is 0. The van der Waals surface area contributed by atoms with Crippen LogP contribution >= 0.6 is 0 Å². The van der Waals surface area contributed by atoms with Crippen LogP contribution in [0.4, 0.5) is 0 Å². The molecule has 2 nitrogen and oxygen atoms in total. The SMILES string of the molecule is C[C@H](C(=O)O)c1ccc2c(c1)CCCC2. The van der Waals surface area contributed by atoms with Gasteiger partial charge in [0.1, 0.15) is 0 Å². The van der Waals surface area contributed by atoms with E-state index in [0.29, 0.717) is 0 Å².